The number of benzene rings is 4. The number of aryl methyl sites for hydroxylation is 2. The summed E-state index contributed by atoms with van der Waals surface area (Å²) < 4.78 is 66.3. The molecule has 0 unspecified atom stereocenters. The van der Waals surface area contributed by atoms with E-state index in [0.717, 1.165) is 22.3 Å². The minimum absolute atomic E-state index is 0.161. The molecule has 0 saturated carbocycles. The molecule has 0 aliphatic rings. The molecular weight excluding hydrogens is 520 g/mol. The minimum Gasteiger partial charge on any atom is -0.505 e. The summed E-state index contributed by atoms with van der Waals surface area (Å²) in [5.74, 6) is -0.694. The van der Waals surface area contributed by atoms with Crippen LogP contribution in [0.15, 0.2) is 74.6 Å². The van der Waals surface area contributed by atoms with Gasteiger partial charge in [0.25, 0.3) is 20.2 Å². The quantitative estimate of drug-likeness (QED) is 0.132. The standard InChI is InChI=1S/C24H22N4O7S2/c1-12-9-14(3-6-17(12)25)15-4-7-18(13(2)10-15)27-28-19-8-5-16-20(36(30,31)32)11-21(37(33,34)35)23(26)22(16)24(19)29/h3-11,29H,25-26H2,1-2H3,(H,30,31,32)(H,33,34,35). The molecule has 0 amide bonds. The van der Waals surface area contributed by atoms with Crippen molar-refractivity contribution >= 4 is 53.8 Å². The van der Waals surface area contributed by atoms with Crippen molar-refractivity contribution in [2.24, 2.45) is 10.2 Å². The lowest BCUT2D eigenvalue weighted by molar-refractivity contribution is 0.481. The Morgan fingerprint density at radius 1 is 0.703 bits per heavy atom. The van der Waals surface area contributed by atoms with Crippen LogP contribution in [0.5, 0.6) is 5.75 Å². The van der Waals surface area contributed by atoms with E-state index in [1.54, 1.807) is 6.07 Å². The Labute approximate surface area is 212 Å². The third-order valence-corrected chi connectivity index (χ3v) is 7.63. The molecule has 0 aromatic heterocycles. The van der Waals surface area contributed by atoms with E-state index in [1.807, 2.05) is 44.2 Å². The number of aromatic hydroxyl groups is 1. The van der Waals surface area contributed by atoms with Gasteiger partial charge in [-0.15, -0.1) is 5.11 Å². The molecular formula is C24H22N4O7S2. The van der Waals surface area contributed by atoms with Crippen molar-refractivity contribution < 1.29 is 31.0 Å². The SMILES string of the molecule is Cc1cc(-c2ccc(N=Nc3ccc4c(S(=O)(=O)O)cc(S(=O)(=O)O)c(N)c4c3O)c(C)c2)ccc1N. The Bertz CT molecular complexity index is 1830. The summed E-state index contributed by atoms with van der Waals surface area (Å²) in [6.45, 7) is 3.73. The van der Waals surface area contributed by atoms with Gasteiger partial charge in [0.2, 0.25) is 0 Å². The Morgan fingerprint density at radius 2 is 1.24 bits per heavy atom. The highest BCUT2D eigenvalue weighted by atomic mass is 32.2. The first-order valence-corrected chi connectivity index (χ1v) is 13.5. The predicted molar refractivity (Wildman–Crippen MR) is 140 cm³/mol. The molecule has 0 atom stereocenters. The highest BCUT2D eigenvalue weighted by Gasteiger charge is 2.26. The number of azo groups is 1. The fraction of sp³-hybridized carbons (Fsp3) is 0.0833. The van der Waals surface area contributed by atoms with Crippen molar-refractivity contribution in [3.05, 3.63) is 65.7 Å². The minimum atomic E-state index is -5.00. The Morgan fingerprint density at radius 3 is 1.81 bits per heavy atom. The molecule has 11 nitrogen and oxygen atoms in total. The zero-order valence-electron chi connectivity index (χ0n) is 19.5. The lowest BCUT2D eigenvalue weighted by Gasteiger charge is -2.13. The van der Waals surface area contributed by atoms with Crippen molar-refractivity contribution in [1.29, 1.82) is 0 Å². The Balaban J connectivity index is 1.81. The summed E-state index contributed by atoms with van der Waals surface area (Å²) in [7, 11) is -9.96. The molecule has 13 heteroatoms. The van der Waals surface area contributed by atoms with E-state index in [0.29, 0.717) is 17.4 Å². The monoisotopic (exact) mass is 542 g/mol. The van der Waals surface area contributed by atoms with Crippen LogP contribution in [-0.2, 0) is 20.2 Å². The molecule has 0 heterocycles. The predicted octanol–water partition coefficient (Wildman–Crippen LogP) is 4.90. The van der Waals surface area contributed by atoms with Gasteiger partial charge in [0.05, 0.1) is 16.8 Å². The van der Waals surface area contributed by atoms with E-state index in [4.69, 9.17) is 11.5 Å². The lowest BCUT2D eigenvalue weighted by Crippen LogP contribution is -2.08. The maximum atomic E-state index is 11.9. The molecule has 37 heavy (non-hydrogen) atoms. The molecule has 0 aliphatic carbocycles. The second kappa shape index (κ2) is 9.12. The smallest absolute Gasteiger partial charge is 0.296 e. The van der Waals surface area contributed by atoms with E-state index in [1.165, 1.54) is 12.1 Å². The van der Waals surface area contributed by atoms with Gasteiger partial charge in [-0.05, 0) is 72.5 Å². The van der Waals surface area contributed by atoms with E-state index in [9.17, 15) is 31.0 Å². The topological polar surface area (TPSA) is 206 Å². The third kappa shape index (κ3) is 4.97. The first kappa shape index (κ1) is 26.0. The molecule has 0 aliphatic heterocycles. The van der Waals surface area contributed by atoms with E-state index in [-0.39, 0.29) is 11.1 Å². The van der Waals surface area contributed by atoms with Crippen molar-refractivity contribution in [1.82, 2.24) is 0 Å². The molecule has 0 saturated heterocycles. The summed E-state index contributed by atoms with van der Waals surface area (Å²) in [6, 6.07) is 14.1. The zero-order valence-corrected chi connectivity index (χ0v) is 21.2. The van der Waals surface area contributed by atoms with Crippen molar-refractivity contribution in [3.63, 3.8) is 0 Å². The number of nitrogens with zero attached hydrogens (tertiary/aromatic N) is 2. The summed E-state index contributed by atoms with van der Waals surface area (Å²) in [5.41, 5.74) is 15.7. The van der Waals surface area contributed by atoms with Crippen LogP contribution in [-0.4, -0.2) is 31.0 Å². The number of phenols is 1. The maximum absolute atomic E-state index is 11.9. The highest BCUT2D eigenvalue weighted by Crippen LogP contribution is 2.43. The second-order valence-corrected chi connectivity index (χ2v) is 11.1. The second-order valence-electron chi connectivity index (χ2n) is 8.37. The average Bonchev–Trinajstić information content (AvgIpc) is 2.79. The van der Waals surface area contributed by atoms with Gasteiger partial charge in [0.15, 0.2) is 5.75 Å². The molecule has 0 fully saturated rings. The summed E-state index contributed by atoms with van der Waals surface area (Å²) in [5, 5.41) is 18.3. The van der Waals surface area contributed by atoms with Gasteiger partial charge in [0, 0.05) is 11.1 Å². The number of rotatable bonds is 5. The van der Waals surface area contributed by atoms with E-state index >= 15 is 0 Å². The Hall–Kier alpha value is -4.04. The van der Waals surface area contributed by atoms with Crippen LogP contribution in [0.1, 0.15) is 11.1 Å². The summed E-state index contributed by atoms with van der Waals surface area (Å²) in [6.07, 6.45) is 0. The van der Waals surface area contributed by atoms with Gasteiger partial charge < -0.3 is 16.6 Å². The molecule has 4 rings (SSSR count). The first-order chi connectivity index (χ1) is 17.2. The van der Waals surface area contributed by atoms with Crippen LogP contribution in [0.25, 0.3) is 21.9 Å². The molecule has 0 radical (unpaired) electrons. The van der Waals surface area contributed by atoms with Gasteiger partial charge in [-0.25, -0.2) is 0 Å². The maximum Gasteiger partial charge on any atom is 0.296 e. The molecule has 4 aromatic carbocycles. The van der Waals surface area contributed by atoms with Gasteiger partial charge in [-0.1, -0.05) is 18.2 Å². The molecule has 0 bridgehead atoms. The van der Waals surface area contributed by atoms with Gasteiger partial charge >= 0.3 is 0 Å². The molecule has 4 aromatic rings. The molecule has 7 N–H and O–H groups in total. The van der Waals surface area contributed by atoms with Gasteiger partial charge in [-0.2, -0.15) is 21.9 Å². The average molecular weight is 543 g/mol. The number of hydrogen-bond donors (Lipinski definition) is 5. The number of hydrogen-bond acceptors (Lipinski definition) is 9. The van der Waals surface area contributed by atoms with Crippen LogP contribution in [0, 0.1) is 13.8 Å². The summed E-state index contributed by atoms with van der Waals surface area (Å²) >= 11 is 0. The van der Waals surface area contributed by atoms with Crippen molar-refractivity contribution in [2.75, 3.05) is 11.5 Å². The number of nitrogen functional groups attached to an aromatic ring is 2. The zero-order chi connectivity index (χ0) is 27.3. The molecule has 0 spiro atoms. The fourth-order valence-corrected chi connectivity index (χ4v) is 5.31. The number of phenolic OH excluding ortho intramolecular Hbond substituents is 1. The first-order valence-electron chi connectivity index (χ1n) is 10.6. The number of nitrogens with two attached hydrogens (primary N) is 2. The third-order valence-electron chi connectivity index (χ3n) is 5.84. The molecule has 192 valence electrons. The van der Waals surface area contributed by atoms with Gasteiger partial charge in [0.1, 0.15) is 15.5 Å². The van der Waals surface area contributed by atoms with Crippen LogP contribution in [0.3, 0.4) is 0 Å². The van der Waals surface area contributed by atoms with Crippen LogP contribution >= 0.6 is 0 Å². The van der Waals surface area contributed by atoms with E-state index in [2.05, 4.69) is 10.2 Å². The van der Waals surface area contributed by atoms with Crippen molar-refractivity contribution in [3.8, 4) is 16.9 Å². The van der Waals surface area contributed by atoms with E-state index < -0.39 is 46.9 Å². The number of anilines is 2. The van der Waals surface area contributed by atoms with Crippen LogP contribution in [0.4, 0.5) is 22.7 Å². The summed E-state index contributed by atoms with van der Waals surface area (Å²) in [4.78, 5) is -1.87. The highest BCUT2D eigenvalue weighted by molar-refractivity contribution is 7.87. The van der Waals surface area contributed by atoms with Gasteiger partial charge in [-0.3, -0.25) is 9.11 Å². The Kier molecular flexibility index (Phi) is 6.42. The normalized spacial score (nSPS) is 12.4. The largest absolute Gasteiger partial charge is 0.505 e. The fourth-order valence-electron chi connectivity index (χ4n) is 3.87. The van der Waals surface area contributed by atoms with Crippen LogP contribution < -0.4 is 11.5 Å². The number of fused-ring (bicyclic) bond motifs is 1. The van der Waals surface area contributed by atoms with Crippen LogP contribution in [0.2, 0.25) is 0 Å². The van der Waals surface area contributed by atoms with Crippen molar-refractivity contribution in [2.45, 2.75) is 23.6 Å². The lowest BCUT2D eigenvalue weighted by atomic mass is 10.0.